The predicted octanol–water partition coefficient (Wildman–Crippen LogP) is 4.52. The van der Waals surface area contributed by atoms with E-state index >= 15 is 0 Å². The van der Waals surface area contributed by atoms with Crippen LogP contribution in [0.15, 0.2) is 36.4 Å². The Morgan fingerprint density at radius 1 is 1.00 bits per heavy atom. The number of phenols is 1. The zero-order chi connectivity index (χ0) is 16.1. The Hall–Kier alpha value is -1.20. The van der Waals surface area contributed by atoms with Gasteiger partial charge in [0.2, 0.25) is 0 Å². The molecule has 3 N–H and O–H groups in total. The molecule has 0 aliphatic rings. The van der Waals surface area contributed by atoms with Crippen LogP contribution in [-0.2, 0) is 13.1 Å². The number of halogens is 3. The predicted molar refractivity (Wildman–Crippen MR) is 95.9 cm³/mol. The fraction of sp³-hybridized carbons (Fsp3) is 0.133. The highest BCUT2D eigenvalue weighted by atomic mass is 35.5. The van der Waals surface area contributed by atoms with Crippen molar-refractivity contribution in [2.24, 2.45) is 0 Å². The summed E-state index contributed by atoms with van der Waals surface area (Å²) >= 11 is 23.1. The molecule has 0 amide bonds. The molecule has 3 nitrogen and oxygen atoms in total. The monoisotopic (exact) mass is 374 g/mol. The molecular weight excluding hydrogens is 363 g/mol. The first-order valence-electron chi connectivity index (χ1n) is 6.40. The SMILES string of the molecule is Oc1c(Cl)cc(Cl)c(Cl)c1CNC(=S)NCc1ccccc1. The van der Waals surface area contributed by atoms with Gasteiger partial charge in [-0.15, -0.1) is 0 Å². The van der Waals surface area contributed by atoms with Crippen molar-refractivity contribution in [3.8, 4) is 5.75 Å². The van der Waals surface area contributed by atoms with Crippen LogP contribution in [-0.4, -0.2) is 10.2 Å². The van der Waals surface area contributed by atoms with Crippen molar-refractivity contribution in [3.05, 3.63) is 62.6 Å². The summed E-state index contributed by atoms with van der Waals surface area (Å²) in [5.41, 5.74) is 1.52. The van der Waals surface area contributed by atoms with Gasteiger partial charge in [0.1, 0.15) is 5.75 Å². The smallest absolute Gasteiger partial charge is 0.166 e. The lowest BCUT2D eigenvalue weighted by molar-refractivity contribution is 0.467. The summed E-state index contributed by atoms with van der Waals surface area (Å²) < 4.78 is 0. The van der Waals surface area contributed by atoms with E-state index in [0.29, 0.717) is 17.2 Å². The largest absolute Gasteiger partial charge is 0.506 e. The van der Waals surface area contributed by atoms with Crippen LogP contribution in [0, 0.1) is 0 Å². The Labute approximate surface area is 149 Å². The van der Waals surface area contributed by atoms with E-state index < -0.39 is 0 Å². The van der Waals surface area contributed by atoms with Crippen LogP contribution >= 0.6 is 47.0 Å². The topological polar surface area (TPSA) is 44.3 Å². The second-order valence-corrected chi connectivity index (χ2v) is 6.10. The average molecular weight is 376 g/mol. The van der Waals surface area contributed by atoms with Gasteiger partial charge in [-0.1, -0.05) is 65.1 Å². The number of aromatic hydroxyl groups is 1. The van der Waals surface area contributed by atoms with Crippen LogP contribution in [0.2, 0.25) is 15.1 Å². The minimum atomic E-state index is -0.102. The summed E-state index contributed by atoms with van der Waals surface area (Å²) in [5.74, 6) is -0.102. The molecule has 0 atom stereocenters. The van der Waals surface area contributed by atoms with Gasteiger partial charge in [-0.3, -0.25) is 0 Å². The van der Waals surface area contributed by atoms with Crippen LogP contribution in [0.25, 0.3) is 0 Å². The maximum atomic E-state index is 9.94. The fourth-order valence-electron chi connectivity index (χ4n) is 1.81. The van der Waals surface area contributed by atoms with Crippen LogP contribution in [0.4, 0.5) is 0 Å². The van der Waals surface area contributed by atoms with E-state index in [9.17, 15) is 5.11 Å². The zero-order valence-electron chi connectivity index (χ0n) is 11.4. The Morgan fingerprint density at radius 3 is 2.32 bits per heavy atom. The molecule has 2 aromatic carbocycles. The zero-order valence-corrected chi connectivity index (χ0v) is 14.5. The molecule has 0 spiro atoms. The van der Waals surface area contributed by atoms with E-state index in [2.05, 4.69) is 10.6 Å². The Kier molecular flexibility index (Phi) is 6.15. The Bertz CT molecular complexity index is 654. The lowest BCUT2D eigenvalue weighted by Crippen LogP contribution is -2.34. The third-order valence-electron chi connectivity index (χ3n) is 2.96. The molecule has 0 saturated heterocycles. The highest BCUT2D eigenvalue weighted by Crippen LogP contribution is 2.38. The minimum Gasteiger partial charge on any atom is -0.506 e. The van der Waals surface area contributed by atoms with E-state index in [1.54, 1.807) is 0 Å². The minimum absolute atomic E-state index is 0.102. The number of rotatable bonds is 4. The molecule has 0 heterocycles. The lowest BCUT2D eigenvalue weighted by atomic mass is 10.2. The molecule has 0 bridgehead atoms. The Balaban J connectivity index is 1.94. The normalized spacial score (nSPS) is 10.3. The van der Waals surface area contributed by atoms with Crippen molar-refractivity contribution in [2.75, 3.05) is 0 Å². The molecule has 7 heteroatoms. The summed E-state index contributed by atoms with van der Waals surface area (Å²) in [6.45, 7) is 0.814. The van der Waals surface area contributed by atoms with Gasteiger partial charge in [0, 0.05) is 18.7 Å². The molecule has 116 valence electrons. The molecule has 0 unspecified atom stereocenters. The van der Waals surface area contributed by atoms with Crippen LogP contribution in [0.1, 0.15) is 11.1 Å². The molecule has 22 heavy (non-hydrogen) atoms. The highest BCUT2D eigenvalue weighted by Gasteiger charge is 2.14. The van der Waals surface area contributed by atoms with E-state index in [1.807, 2.05) is 30.3 Å². The van der Waals surface area contributed by atoms with E-state index in [4.69, 9.17) is 47.0 Å². The molecule has 0 saturated carbocycles. The molecule has 2 aromatic rings. The number of nitrogens with one attached hydrogen (secondary N) is 2. The van der Waals surface area contributed by atoms with Gasteiger partial charge in [0.15, 0.2) is 5.11 Å². The van der Waals surface area contributed by atoms with Crippen LogP contribution < -0.4 is 10.6 Å². The van der Waals surface area contributed by atoms with Crippen molar-refractivity contribution in [1.29, 1.82) is 0 Å². The highest BCUT2D eigenvalue weighted by molar-refractivity contribution is 7.80. The number of phenolic OH excluding ortho intramolecular Hbond substituents is 1. The quantitative estimate of drug-likeness (QED) is 0.543. The molecule has 0 radical (unpaired) electrons. The molecule has 2 rings (SSSR count). The lowest BCUT2D eigenvalue weighted by Gasteiger charge is -2.14. The summed E-state index contributed by atoms with van der Waals surface area (Å²) in [6, 6.07) is 11.3. The van der Waals surface area contributed by atoms with Crippen molar-refractivity contribution in [1.82, 2.24) is 10.6 Å². The third kappa shape index (κ3) is 4.40. The number of benzene rings is 2. The first kappa shape index (κ1) is 17.2. The second-order valence-electron chi connectivity index (χ2n) is 4.50. The summed E-state index contributed by atoms with van der Waals surface area (Å²) in [7, 11) is 0. The first-order valence-corrected chi connectivity index (χ1v) is 7.94. The first-order chi connectivity index (χ1) is 10.5. The molecular formula is C15H13Cl3N2OS. The standard InChI is InChI=1S/C15H13Cl3N2OS/c16-11-6-12(17)14(21)10(13(11)18)8-20-15(22)19-7-9-4-2-1-3-5-9/h1-6,21H,7-8H2,(H2,19,20,22). The van der Waals surface area contributed by atoms with Crippen LogP contribution in [0.3, 0.4) is 0 Å². The summed E-state index contributed by atoms with van der Waals surface area (Å²) in [6.07, 6.45) is 0. The molecule has 0 aliphatic carbocycles. The van der Waals surface area contributed by atoms with E-state index in [1.165, 1.54) is 6.07 Å². The maximum absolute atomic E-state index is 9.94. The van der Waals surface area contributed by atoms with Gasteiger partial charge in [0.25, 0.3) is 0 Å². The number of thiocarbonyl (C=S) groups is 1. The van der Waals surface area contributed by atoms with Gasteiger partial charge in [0.05, 0.1) is 15.1 Å². The van der Waals surface area contributed by atoms with Gasteiger partial charge < -0.3 is 15.7 Å². The Morgan fingerprint density at radius 2 is 1.64 bits per heavy atom. The summed E-state index contributed by atoms with van der Waals surface area (Å²) in [5, 5.41) is 17.1. The molecule has 0 fully saturated rings. The van der Waals surface area contributed by atoms with Crippen LogP contribution in [0.5, 0.6) is 5.75 Å². The number of hydrogen-bond donors (Lipinski definition) is 3. The van der Waals surface area contributed by atoms with Crippen molar-refractivity contribution in [3.63, 3.8) is 0 Å². The van der Waals surface area contributed by atoms with Crippen molar-refractivity contribution in [2.45, 2.75) is 13.1 Å². The number of hydrogen-bond acceptors (Lipinski definition) is 2. The van der Waals surface area contributed by atoms with E-state index in [-0.39, 0.29) is 27.4 Å². The van der Waals surface area contributed by atoms with Gasteiger partial charge in [-0.05, 0) is 23.8 Å². The maximum Gasteiger partial charge on any atom is 0.166 e. The van der Waals surface area contributed by atoms with E-state index in [0.717, 1.165) is 5.56 Å². The molecule has 0 aliphatic heterocycles. The average Bonchev–Trinajstić information content (AvgIpc) is 2.52. The van der Waals surface area contributed by atoms with Gasteiger partial charge >= 0.3 is 0 Å². The third-order valence-corrected chi connectivity index (χ3v) is 4.37. The molecule has 0 aromatic heterocycles. The second kappa shape index (κ2) is 7.88. The van der Waals surface area contributed by atoms with Gasteiger partial charge in [-0.2, -0.15) is 0 Å². The fourth-order valence-corrected chi connectivity index (χ4v) is 2.66. The van der Waals surface area contributed by atoms with Crippen molar-refractivity contribution < 1.29 is 5.11 Å². The van der Waals surface area contributed by atoms with Gasteiger partial charge in [-0.25, -0.2) is 0 Å². The van der Waals surface area contributed by atoms with Crippen molar-refractivity contribution >= 4 is 52.1 Å². The summed E-state index contributed by atoms with van der Waals surface area (Å²) in [4.78, 5) is 0.